The van der Waals surface area contributed by atoms with Crippen LogP contribution in [0.1, 0.15) is 84.5 Å². The average Bonchev–Trinajstić information content (AvgIpc) is 4.02. The van der Waals surface area contributed by atoms with Crippen LogP contribution in [-0.4, -0.2) is 0 Å². The number of nitrogens with zero attached hydrogens (tertiary/aromatic N) is 1. The summed E-state index contributed by atoms with van der Waals surface area (Å²) in [5.74, 6) is -0.950. The lowest BCUT2D eigenvalue weighted by atomic mass is 9.82. The molecule has 10 aromatic rings. The number of fused-ring (bicyclic) bond motifs is 13. The van der Waals surface area contributed by atoms with Crippen molar-refractivity contribution in [1.29, 1.82) is 0 Å². The Morgan fingerprint density at radius 3 is 2.13 bits per heavy atom. The van der Waals surface area contributed by atoms with E-state index in [9.17, 15) is 4.11 Å². The molecule has 4 heteroatoms. The molecule has 2 heterocycles. The van der Waals surface area contributed by atoms with Gasteiger partial charge in [-0.25, -0.2) is 4.39 Å². The highest BCUT2D eigenvalue weighted by Gasteiger charge is 2.40. The molecule has 12 rings (SSSR count). The Labute approximate surface area is 369 Å². The number of rotatable bonds is 4. The van der Waals surface area contributed by atoms with Crippen molar-refractivity contribution in [3.05, 3.63) is 185 Å². The van der Waals surface area contributed by atoms with Gasteiger partial charge in [0.05, 0.1) is 8.22 Å². The zero-order valence-electron chi connectivity index (χ0n) is 41.6. The summed E-state index contributed by atoms with van der Waals surface area (Å²) >= 11 is 0. The van der Waals surface area contributed by atoms with Gasteiger partial charge in [-0.1, -0.05) is 133 Å². The van der Waals surface area contributed by atoms with Crippen LogP contribution < -0.4 is 4.90 Å². The van der Waals surface area contributed by atoms with Crippen LogP contribution in [0.4, 0.5) is 21.5 Å². The lowest BCUT2D eigenvalue weighted by molar-refractivity contribution is 0.559. The standard InChI is InChI=1S/C58H46FNO2/c1-56(2,3)34-20-28-50-44(30-34)53-51(61-50)29-27-46-52(53)43-31-36(24-26-45(43)57(46,4)5)60(37-23-25-39-41-14-11-16-48(59)54(41)58(6,7)47(39)32-37)35-21-18-33(19-22-35)38-13-10-15-42-40-12-8-9-17-49(40)62-55(38)42/h8-32H,1-7H3/i11D,14D,16D,23D,25D,32D. The number of benzene rings is 8. The molecule has 0 unspecified atom stereocenters. The Morgan fingerprint density at radius 2 is 1.31 bits per heavy atom. The third-order valence-corrected chi connectivity index (χ3v) is 13.6. The number of para-hydroxylation sites is 2. The zero-order chi connectivity index (χ0) is 47.7. The lowest BCUT2D eigenvalue weighted by Gasteiger charge is -2.29. The quantitative estimate of drug-likeness (QED) is 0.177. The average molecular weight is 814 g/mol. The van der Waals surface area contributed by atoms with Crippen molar-refractivity contribution in [1.82, 2.24) is 0 Å². The summed E-state index contributed by atoms with van der Waals surface area (Å²) < 4.78 is 84.7. The zero-order valence-corrected chi connectivity index (χ0v) is 35.6. The van der Waals surface area contributed by atoms with Crippen LogP contribution in [-0.2, 0) is 16.2 Å². The molecule has 0 bridgehead atoms. The monoisotopic (exact) mass is 813 g/mol. The summed E-state index contributed by atoms with van der Waals surface area (Å²) in [6.45, 7) is 14.5. The second kappa shape index (κ2) is 12.6. The highest BCUT2D eigenvalue weighted by molar-refractivity contribution is 6.15. The Morgan fingerprint density at radius 1 is 0.565 bits per heavy atom. The van der Waals surface area contributed by atoms with E-state index in [2.05, 4.69) is 89.2 Å². The molecule has 0 atom stereocenters. The summed E-state index contributed by atoms with van der Waals surface area (Å²) in [6, 6.07) is 36.5. The van der Waals surface area contributed by atoms with Gasteiger partial charge >= 0.3 is 0 Å². The van der Waals surface area contributed by atoms with Gasteiger partial charge in [0.25, 0.3) is 0 Å². The molecule has 0 saturated heterocycles. The van der Waals surface area contributed by atoms with Crippen LogP contribution in [0.5, 0.6) is 0 Å². The summed E-state index contributed by atoms with van der Waals surface area (Å²) in [5.41, 5.74) is 10.4. The third-order valence-electron chi connectivity index (χ3n) is 13.6. The molecule has 8 aromatic carbocycles. The topological polar surface area (TPSA) is 29.5 Å². The molecular formula is C58H46FNO2. The first-order valence-corrected chi connectivity index (χ1v) is 21.2. The molecule has 0 radical (unpaired) electrons. The highest BCUT2D eigenvalue weighted by Crippen LogP contribution is 2.56. The second-order valence-electron chi connectivity index (χ2n) is 19.0. The minimum Gasteiger partial charge on any atom is -0.456 e. The highest BCUT2D eigenvalue weighted by atomic mass is 19.1. The van der Waals surface area contributed by atoms with Crippen LogP contribution in [0, 0.1) is 5.82 Å². The maximum absolute atomic E-state index is 16.3. The number of hydrogen-bond donors (Lipinski definition) is 0. The van der Waals surface area contributed by atoms with Gasteiger partial charge in [0.2, 0.25) is 0 Å². The first-order chi connectivity index (χ1) is 32.3. The number of hydrogen-bond acceptors (Lipinski definition) is 3. The molecule has 2 aliphatic rings. The molecule has 3 nitrogen and oxygen atoms in total. The summed E-state index contributed by atoms with van der Waals surface area (Å²) in [4.78, 5) is 1.86. The molecule has 62 heavy (non-hydrogen) atoms. The van der Waals surface area contributed by atoms with Crippen LogP contribution in [0.15, 0.2) is 160 Å². The summed E-state index contributed by atoms with van der Waals surface area (Å²) in [7, 11) is 0. The summed E-state index contributed by atoms with van der Waals surface area (Å²) in [5, 5.41) is 4.08. The Hall–Kier alpha value is -6.91. The van der Waals surface area contributed by atoms with Gasteiger partial charge in [0, 0.05) is 60.6 Å². The molecule has 0 fully saturated rings. The Balaban J connectivity index is 1.12. The smallest absolute Gasteiger partial charge is 0.143 e. The number of halogens is 1. The molecule has 2 aliphatic carbocycles. The number of furan rings is 2. The molecule has 0 saturated carbocycles. The molecular weight excluding hydrogens is 762 g/mol. The molecule has 0 N–H and O–H groups in total. The van der Waals surface area contributed by atoms with Crippen molar-refractivity contribution in [3.63, 3.8) is 0 Å². The van der Waals surface area contributed by atoms with E-state index < -0.39 is 34.8 Å². The van der Waals surface area contributed by atoms with E-state index in [0.29, 0.717) is 11.4 Å². The van der Waals surface area contributed by atoms with E-state index in [4.69, 9.17) is 12.9 Å². The molecule has 302 valence electrons. The van der Waals surface area contributed by atoms with E-state index in [1.807, 2.05) is 65.6 Å². The van der Waals surface area contributed by atoms with Gasteiger partial charge in [0.15, 0.2) is 0 Å². The first-order valence-electron chi connectivity index (χ1n) is 24.2. The lowest BCUT2D eigenvalue weighted by Crippen LogP contribution is -2.18. The third kappa shape index (κ3) is 5.10. The van der Waals surface area contributed by atoms with Crippen LogP contribution >= 0.6 is 0 Å². The molecule has 0 spiro atoms. The van der Waals surface area contributed by atoms with E-state index >= 15 is 4.39 Å². The van der Waals surface area contributed by atoms with E-state index in [0.717, 1.165) is 77.3 Å². The van der Waals surface area contributed by atoms with E-state index in [1.165, 1.54) is 5.56 Å². The molecule has 0 aliphatic heterocycles. The first kappa shape index (κ1) is 31.0. The van der Waals surface area contributed by atoms with Crippen molar-refractivity contribution < 1.29 is 21.4 Å². The minimum atomic E-state index is -1.29. The van der Waals surface area contributed by atoms with E-state index in [-0.39, 0.29) is 51.5 Å². The molecule has 2 aromatic heterocycles. The van der Waals surface area contributed by atoms with Crippen LogP contribution in [0.2, 0.25) is 0 Å². The van der Waals surface area contributed by atoms with Crippen molar-refractivity contribution in [2.45, 2.75) is 64.7 Å². The Bertz CT molecular complexity index is 3870. The number of anilines is 3. The van der Waals surface area contributed by atoms with Crippen molar-refractivity contribution in [2.24, 2.45) is 0 Å². The Kier molecular flexibility index (Phi) is 6.29. The minimum absolute atomic E-state index is 0.0000541. The van der Waals surface area contributed by atoms with Crippen LogP contribution in [0.3, 0.4) is 0 Å². The van der Waals surface area contributed by atoms with Gasteiger partial charge in [-0.05, 0) is 122 Å². The largest absolute Gasteiger partial charge is 0.456 e. The molecule has 0 amide bonds. The van der Waals surface area contributed by atoms with Crippen molar-refractivity contribution >= 4 is 60.9 Å². The van der Waals surface area contributed by atoms with Gasteiger partial charge in [-0.2, -0.15) is 0 Å². The fourth-order valence-corrected chi connectivity index (χ4v) is 10.3. The second-order valence-corrected chi connectivity index (χ2v) is 19.0. The van der Waals surface area contributed by atoms with Crippen molar-refractivity contribution in [3.8, 4) is 33.4 Å². The van der Waals surface area contributed by atoms with Crippen molar-refractivity contribution in [2.75, 3.05) is 4.90 Å². The normalized spacial score (nSPS) is 16.1. The maximum atomic E-state index is 16.3. The van der Waals surface area contributed by atoms with E-state index in [1.54, 1.807) is 13.8 Å². The van der Waals surface area contributed by atoms with Gasteiger partial charge < -0.3 is 13.7 Å². The van der Waals surface area contributed by atoms with Gasteiger partial charge in [-0.15, -0.1) is 0 Å². The predicted molar refractivity (Wildman–Crippen MR) is 255 cm³/mol. The maximum Gasteiger partial charge on any atom is 0.143 e. The van der Waals surface area contributed by atoms with Gasteiger partial charge in [0.1, 0.15) is 28.1 Å². The van der Waals surface area contributed by atoms with Crippen LogP contribution in [0.25, 0.3) is 77.3 Å². The fraction of sp³-hybridized carbons (Fsp3) is 0.172. The van der Waals surface area contributed by atoms with Gasteiger partial charge in [-0.3, -0.25) is 0 Å². The fourth-order valence-electron chi connectivity index (χ4n) is 10.3. The summed E-state index contributed by atoms with van der Waals surface area (Å²) in [6.07, 6.45) is 0. The predicted octanol–water partition coefficient (Wildman–Crippen LogP) is 16.7. The SMILES string of the molecule is [2H]c1c([2H])c(F)c2c(c1[2H])-c1c([2H])c([2H])c(N(c3ccc(-c4cccc5c4oc4ccccc45)cc3)c3ccc4c(c3)-c3c(ccc5oc6ccc(C(C)(C)C)cc6c35)C4(C)C)c([2H])c1C2(C)C.